The molecule has 0 aliphatic carbocycles. The summed E-state index contributed by atoms with van der Waals surface area (Å²) in [5.41, 5.74) is -0.143. The molecule has 1 atom stereocenters. The third-order valence-corrected chi connectivity index (χ3v) is 2.83. The Morgan fingerprint density at radius 1 is 1.50 bits per heavy atom. The maximum Gasteiger partial charge on any atom is 0.255 e. The van der Waals surface area contributed by atoms with E-state index in [9.17, 15) is 13.6 Å². The molecule has 2 rings (SSSR count). The van der Waals surface area contributed by atoms with Crippen molar-refractivity contribution in [3.63, 3.8) is 0 Å². The van der Waals surface area contributed by atoms with Gasteiger partial charge in [-0.05, 0) is 6.07 Å². The molecular weight excluding hydrogens is 242 g/mol. The standard InChI is InChI=1S/C12H10F2N2O2/c1-18-3-2-16-10(6-15)11-8(12(16)17)4-7(13)5-9(11)14/h4-5,10H,2-3H2,1H3. The van der Waals surface area contributed by atoms with Crippen LogP contribution in [0, 0.1) is 23.0 Å². The maximum atomic E-state index is 13.7. The van der Waals surface area contributed by atoms with E-state index in [2.05, 4.69) is 0 Å². The molecular formula is C12H10F2N2O2. The molecule has 4 nitrogen and oxygen atoms in total. The van der Waals surface area contributed by atoms with Crippen molar-refractivity contribution in [1.29, 1.82) is 5.26 Å². The third-order valence-electron chi connectivity index (χ3n) is 2.83. The molecule has 0 fully saturated rings. The van der Waals surface area contributed by atoms with Crippen LogP contribution in [0.1, 0.15) is 22.0 Å². The summed E-state index contributed by atoms with van der Waals surface area (Å²) in [6, 6.07) is 2.47. The van der Waals surface area contributed by atoms with E-state index >= 15 is 0 Å². The smallest absolute Gasteiger partial charge is 0.255 e. The van der Waals surface area contributed by atoms with Gasteiger partial charge in [0.25, 0.3) is 5.91 Å². The van der Waals surface area contributed by atoms with Crippen molar-refractivity contribution in [1.82, 2.24) is 4.90 Å². The van der Waals surface area contributed by atoms with Crippen molar-refractivity contribution in [2.45, 2.75) is 6.04 Å². The molecule has 1 amide bonds. The number of rotatable bonds is 3. The number of amides is 1. The minimum Gasteiger partial charge on any atom is -0.383 e. The van der Waals surface area contributed by atoms with E-state index in [1.807, 2.05) is 6.07 Å². The van der Waals surface area contributed by atoms with Gasteiger partial charge in [-0.25, -0.2) is 8.78 Å². The van der Waals surface area contributed by atoms with Crippen LogP contribution in [0.25, 0.3) is 0 Å². The fourth-order valence-electron chi connectivity index (χ4n) is 2.02. The molecule has 1 heterocycles. The second kappa shape index (κ2) is 4.70. The Kier molecular flexibility index (Phi) is 3.26. The number of methoxy groups -OCH3 is 1. The minimum absolute atomic E-state index is 0.0556. The SMILES string of the molecule is COCCN1C(=O)c2cc(F)cc(F)c2C1C#N. The zero-order valence-electron chi connectivity index (χ0n) is 9.61. The Morgan fingerprint density at radius 3 is 2.83 bits per heavy atom. The van der Waals surface area contributed by atoms with Crippen molar-refractivity contribution >= 4 is 5.91 Å². The number of hydrogen-bond acceptors (Lipinski definition) is 3. The Morgan fingerprint density at radius 2 is 2.22 bits per heavy atom. The molecule has 0 bridgehead atoms. The molecule has 0 saturated carbocycles. The van der Waals surface area contributed by atoms with Crippen molar-refractivity contribution in [3.8, 4) is 6.07 Å². The molecule has 1 unspecified atom stereocenters. The summed E-state index contributed by atoms with van der Waals surface area (Å²) in [6.07, 6.45) is 0. The molecule has 0 aromatic heterocycles. The minimum atomic E-state index is -1.02. The van der Waals surface area contributed by atoms with Crippen LogP contribution >= 0.6 is 0 Å². The lowest BCUT2D eigenvalue weighted by Gasteiger charge is -2.19. The molecule has 0 saturated heterocycles. The van der Waals surface area contributed by atoms with Gasteiger partial charge in [0.1, 0.15) is 17.7 Å². The lowest BCUT2D eigenvalue weighted by Crippen LogP contribution is -2.30. The molecule has 1 aliphatic heterocycles. The number of nitrogens with zero attached hydrogens (tertiary/aromatic N) is 2. The summed E-state index contributed by atoms with van der Waals surface area (Å²) in [7, 11) is 1.45. The maximum absolute atomic E-state index is 13.7. The van der Waals surface area contributed by atoms with Gasteiger partial charge in [-0.15, -0.1) is 0 Å². The van der Waals surface area contributed by atoms with E-state index in [1.54, 1.807) is 0 Å². The summed E-state index contributed by atoms with van der Waals surface area (Å²) >= 11 is 0. The van der Waals surface area contributed by atoms with E-state index in [1.165, 1.54) is 12.0 Å². The highest BCUT2D eigenvalue weighted by molar-refractivity contribution is 5.99. The van der Waals surface area contributed by atoms with Crippen LogP contribution in [0.15, 0.2) is 12.1 Å². The number of hydrogen-bond donors (Lipinski definition) is 0. The van der Waals surface area contributed by atoms with Crippen molar-refractivity contribution in [3.05, 3.63) is 34.9 Å². The largest absolute Gasteiger partial charge is 0.383 e. The molecule has 6 heteroatoms. The van der Waals surface area contributed by atoms with E-state index in [-0.39, 0.29) is 24.3 Å². The van der Waals surface area contributed by atoms with Gasteiger partial charge in [0, 0.05) is 25.3 Å². The predicted molar refractivity (Wildman–Crippen MR) is 57.6 cm³/mol. The Bertz CT molecular complexity index is 540. The van der Waals surface area contributed by atoms with E-state index in [0.717, 1.165) is 6.07 Å². The molecule has 0 radical (unpaired) electrons. The van der Waals surface area contributed by atoms with Gasteiger partial charge in [0.2, 0.25) is 0 Å². The van der Waals surface area contributed by atoms with Gasteiger partial charge < -0.3 is 9.64 Å². The monoisotopic (exact) mass is 252 g/mol. The molecule has 1 aromatic rings. The first-order valence-corrected chi connectivity index (χ1v) is 5.28. The van der Waals surface area contributed by atoms with Gasteiger partial charge in [-0.3, -0.25) is 4.79 Å². The molecule has 94 valence electrons. The molecule has 1 aromatic carbocycles. The predicted octanol–water partition coefficient (Wildman–Crippen LogP) is 1.63. The Hall–Kier alpha value is -2.00. The number of nitriles is 1. The van der Waals surface area contributed by atoms with Crippen LogP contribution in [0.3, 0.4) is 0 Å². The van der Waals surface area contributed by atoms with E-state index in [0.29, 0.717) is 6.07 Å². The average Bonchev–Trinajstić information content (AvgIpc) is 2.60. The lowest BCUT2D eigenvalue weighted by molar-refractivity contribution is 0.0692. The highest BCUT2D eigenvalue weighted by Gasteiger charge is 2.39. The number of fused-ring (bicyclic) bond motifs is 1. The fraction of sp³-hybridized carbons (Fsp3) is 0.333. The molecule has 1 aliphatic rings. The van der Waals surface area contributed by atoms with Crippen LogP contribution in [0.5, 0.6) is 0 Å². The molecule has 0 spiro atoms. The fourth-order valence-corrected chi connectivity index (χ4v) is 2.02. The number of benzene rings is 1. The first-order valence-electron chi connectivity index (χ1n) is 5.28. The summed E-state index contributed by atoms with van der Waals surface area (Å²) in [5.74, 6) is -2.25. The topological polar surface area (TPSA) is 53.3 Å². The highest BCUT2D eigenvalue weighted by atomic mass is 19.1. The van der Waals surface area contributed by atoms with E-state index in [4.69, 9.17) is 10.00 Å². The number of carbonyl (C=O) groups excluding carboxylic acids is 1. The summed E-state index contributed by atoms with van der Waals surface area (Å²) in [6.45, 7) is 0.380. The summed E-state index contributed by atoms with van der Waals surface area (Å²) in [4.78, 5) is 13.1. The number of ether oxygens (including phenoxy) is 1. The zero-order chi connectivity index (χ0) is 13.3. The molecule has 18 heavy (non-hydrogen) atoms. The quantitative estimate of drug-likeness (QED) is 0.821. The van der Waals surface area contributed by atoms with Crippen LogP contribution in [0.2, 0.25) is 0 Å². The second-order valence-corrected chi connectivity index (χ2v) is 3.87. The Labute approximate surface area is 102 Å². The van der Waals surface area contributed by atoms with E-state index < -0.39 is 23.6 Å². The normalized spacial score (nSPS) is 17.8. The highest BCUT2D eigenvalue weighted by Crippen LogP contribution is 2.35. The zero-order valence-corrected chi connectivity index (χ0v) is 9.61. The molecule has 0 N–H and O–H groups in total. The van der Waals surface area contributed by atoms with Gasteiger partial charge in [0.05, 0.1) is 18.2 Å². The van der Waals surface area contributed by atoms with Crippen molar-refractivity contribution in [2.75, 3.05) is 20.3 Å². The van der Waals surface area contributed by atoms with Crippen LogP contribution < -0.4 is 0 Å². The van der Waals surface area contributed by atoms with Crippen molar-refractivity contribution < 1.29 is 18.3 Å². The van der Waals surface area contributed by atoms with Gasteiger partial charge in [-0.2, -0.15) is 5.26 Å². The van der Waals surface area contributed by atoms with Crippen LogP contribution in [0.4, 0.5) is 8.78 Å². The Balaban J connectivity index is 2.46. The average molecular weight is 252 g/mol. The van der Waals surface area contributed by atoms with Gasteiger partial charge in [0.15, 0.2) is 0 Å². The first kappa shape index (κ1) is 12.5. The third kappa shape index (κ3) is 1.83. The number of carbonyl (C=O) groups is 1. The first-order chi connectivity index (χ1) is 8.60. The number of halogens is 2. The van der Waals surface area contributed by atoms with Gasteiger partial charge >= 0.3 is 0 Å². The van der Waals surface area contributed by atoms with Crippen molar-refractivity contribution in [2.24, 2.45) is 0 Å². The second-order valence-electron chi connectivity index (χ2n) is 3.87. The van der Waals surface area contributed by atoms with Crippen LogP contribution in [-0.2, 0) is 4.74 Å². The lowest BCUT2D eigenvalue weighted by atomic mass is 10.0. The van der Waals surface area contributed by atoms with Gasteiger partial charge in [-0.1, -0.05) is 0 Å². The van der Waals surface area contributed by atoms with Crippen LogP contribution in [-0.4, -0.2) is 31.1 Å². The summed E-state index contributed by atoms with van der Waals surface area (Å²) in [5, 5.41) is 9.05. The summed E-state index contributed by atoms with van der Waals surface area (Å²) < 4.78 is 31.6.